The SMILES string of the molecule is CCOC(=O)c1c(C)[nH]c(=O)c2c(C)cc(=O)oc12. The average Bonchev–Trinajstić information content (AvgIpc) is 2.27. The van der Waals surface area contributed by atoms with Gasteiger partial charge in [0, 0.05) is 11.8 Å². The lowest BCUT2D eigenvalue weighted by Gasteiger charge is -2.08. The van der Waals surface area contributed by atoms with Gasteiger partial charge in [-0.25, -0.2) is 9.59 Å². The fourth-order valence-corrected chi connectivity index (χ4v) is 1.98. The summed E-state index contributed by atoms with van der Waals surface area (Å²) in [5, 5.41) is 0.188. The molecule has 0 radical (unpaired) electrons. The van der Waals surface area contributed by atoms with Crippen molar-refractivity contribution in [2.45, 2.75) is 20.8 Å². The maximum absolute atomic E-state index is 11.9. The molecule has 0 aliphatic heterocycles. The van der Waals surface area contributed by atoms with Crippen LogP contribution in [-0.2, 0) is 4.74 Å². The van der Waals surface area contributed by atoms with Gasteiger partial charge in [-0.3, -0.25) is 4.79 Å². The first-order valence-corrected chi connectivity index (χ1v) is 5.80. The number of hydrogen-bond donors (Lipinski definition) is 1. The van der Waals surface area contributed by atoms with Crippen molar-refractivity contribution in [2.75, 3.05) is 6.61 Å². The van der Waals surface area contributed by atoms with Gasteiger partial charge in [0.2, 0.25) is 0 Å². The molecule has 0 saturated heterocycles. The number of aromatic amines is 1. The van der Waals surface area contributed by atoms with E-state index in [-0.39, 0.29) is 23.1 Å². The third-order valence-electron chi connectivity index (χ3n) is 2.77. The van der Waals surface area contributed by atoms with Crippen LogP contribution in [0, 0.1) is 13.8 Å². The molecule has 0 spiro atoms. The van der Waals surface area contributed by atoms with Gasteiger partial charge >= 0.3 is 11.6 Å². The van der Waals surface area contributed by atoms with Crippen molar-refractivity contribution in [1.82, 2.24) is 4.98 Å². The summed E-state index contributed by atoms with van der Waals surface area (Å²) >= 11 is 0. The molecule has 0 amide bonds. The molecule has 6 heteroatoms. The number of aryl methyl sites for hydroxylation is 2. The monoisotopic (exact) mass is 263 g/mol. The predicted octanol–water partition coefficient (Wildman–Crippen LogP) is 1.27. The second-order valence-electron chi connectivity index (χ2n) is 4.13. The Morgan fingerprint density at radius 1 is 1.37 bits per heavy atom. The van der Waals surface area contributed by atoms with Crippen LogP contribution in [0.15, 0.2) is 20.1 Å². The van der Waals surface area contributed by atoms with Crippen LogP contribution in [0.4, 0.5) is 0 Å². The quantitative estimate of drug-likeness (QED) is 0.824. The van der Waals surface area contributed by atoms with Gasteiger partial charge in [0.05, 0.1) is 12.0 Å². The van der Waals surface area contributed by atoms with Crippen molar-refractivity contribution in [3.63, 3.8) is 0 Å². The van der Waals surface area contributed by atoms with Crippen molar-refractivity contribution < 1.29 is 13.9 Å². The number of fused-ring (bicyclic) bond motifs is 1. The number of H-pyrrole nitrogens is 1. The van der Waals surface area contributed by atoms with Crippen LogP contribution in [-0.4, -0.2) is 17.6 Å². The summed E-state index contributed by atoms with van der Waals surface area (Å²) < 4.78 is 9.94. The van der Waals surface area contributed by atoms with Gasteiger partial charge in [0.1, 0.15) is 5.56 Å². The molecule has 0 aliphatic rings. The average molecular weight is 263 g/mol. The summed E-state index contributed by atoms with van der Waals surface area (Å²) in [7, 11) is 0. The summed E-state index contributed by atoms with van der Waals surface area (Å²) in [4.78, 5) is 37.8. The van der Waals surface area contributed by atoms with E-state index in [2.05, 4.69) is 4.98 Å². The number of hydrogen-bond acceptors (Lipinski definition) is 5. The maximum Gasteiger partial charge on any atom is 0.343 e. The molecule has 0 bridgehead atoms. The lowest BCUT2D eigenvalue weighted by atomic mass is 10.1. The van der Waals surface area contributed by atoms with Gasteiger partial charge < -0.3 is 14.1 Å². The number of ether oxygens (including phenoxy) is 1. The van der Waals surface area contributed by atoms with Crippen molar-refractivity contribution in [3.05, 3.63) is 43.7 Å². The number of nitrogens with one attached hydrogen (secondary N) is 1. The van der Waals surface area contributed by atoms with Crippen LogP contribution in [0.2, 0.25) is 0 Å². The summed E-state index contributed by atoms with van der Waals surface area (Å²) in [5.74, 6) is -0.630. The van der Waals surface area contributed by atoms with E-state index in [1.54, 1.807) is 20.8 Å². The molecule has 19 heavy (non-hydrogen) atoms. The Labute approximate surface area is 108 Å². The van der Waals surface area contributed by atoms with E-state index in [0.717, 1.165) is 0 Å². The zero-order chi connectivity index (χ0) is 14.2. The number of pyridine rings is 1. The maximum atomic E-state index is 11.9. The zero-order valence-electron chi connectivity index (χ0n) is 10.8. The molecule has 6 nitrogen and oxygen atoms in total. The molecule has 100 valence electrons. The Kier molecular flexibility index (Phi) is 3.25. The number of aromatic nitrogens is 1. The van der Waals surface area contributed by atoms with Crippen LogP contribution < -0.4 is 11.2 Å². The molecule has 2 heterocycles. The molecular weight excluding hydrogens is 250 g/mol. The van der Waals surface area contributed by atoms with Gasteiger partial charge in [0.15, 0.2) is 5.58 Å². The van der Waals surface area contributed by atoms with Gasteiger partial charge in [0.25, 0.3) is 5.56 Å². The minimum absolute atomic E-state index is 0.0234. The van der Waals surface area contributed by atoms with Crippen molar-refractivity contribution in [1.29, 1.82) is 0 Å². The van der Waals surface area contributed by atoms with Crippen LogP contribution in [0.25, 0.3) is 11.0 Å². The number of carbonyl (C=O) groups excluding carboxylic acids is 1. The van der Waals surface area contributed by atoms with Crippen LogP contribution >= 0.6 is 0 Å². The van der Waals surface area contributed by atoms with E-state index < -0.39 is 17.2 Å². The van der Waals surface area contributed by atoms with Crippen molar-refractivity contribution in [3.8, 4) is 0 Å². The highest BCUT2D eigenvalue weighted by atomic mass is 16.5. The second kappa shape index (κ2) is 4.72. The van der Waals surface area contributed by atoms with Crippen LogP contribution in [0.1, 0.15) is 28.5 Å². The highest BCUT2D eigenvalue weighted by molar-refractivity contribution is 6.03. The lowest BCUT2D eigenvalue weighted by molar-refractivity contribution is 0.0526. The highest BCUT2D eigenvalue weighted by Gasteiger charge is 2.20. The van der Waals surface area contributed by atoms with E-state index in [0.29, 0.717) is 11.3 Å². The first kappa shape index (κ1) is 13.1. The third kappa shape index (κ3) is 2.16. The Morgan fingerprint density at radius 2 is 2.05 bits per heavy atom. The molecule has 2 aromatic rings. The number of rotatable bonds is 2. The molecule has 0 atom stereocenters. The summed E-state index contributed by atoms with van der Waals surface area (Å²) in [6.07, 6.45) is 0. The smallest absolute Gasteiger partial charge is 0.343 e. The van der Waals surface area contributed by atoms with Gasteiger partial charge in [-0.1, -0.05) is 0 Å². The Morgan fingerprint density at radius 3 is 2.68 bits per heavy atom. The standard InChI is InChI=1S/C13H13NO5/c1-4-18-13(17)10-7(3)14-12(16)9-6(2)5-8(15)19-11(9)10/h5H,4H2,1-3H3,(H,14,16). The third-order valence-corrected chi connectivity index (χ3v) is 2.77. The van der Waals surface area contributed by atoms with E-state index >= 15 is 0 Å². The molecule has 0 aromatic carbocycles. The normalized spacial score (nSPS) is 10.7. The molecule has 2 rings (SSSR count). The molecule has 0 unspecified atom stereocenters. The van der Waals surface area contributed by atoms with Crippen molar-refractivity contribution in [2.24, 2.45) is 0 Å². The summed E-state index contributed by atoms with van der Waals surface area (Å²) in [5.41, 5.74) is -0.188. The van der Waals surface area contributed by atoms with Crippen LogP contribution in [0.3, 0.4) is 0 Å². The van der Waals surface area contributed by atoms with Crippen molar-refractivity contribution >= 4 is 16.9 Å². The van der Waals surface area contributed by atoms with Gasteiger partial charge in [-0.2, -0.15) is 0 Å². The lowest BCUT2D eigenvalue weighted by Crippen LogP contribution is -2.18. The van der Waals surface area contributed by atoms with Crippen LogP contribution in [0.5, 0.6) is 0 Å². The van der Waals surface area contributed by atoms with E-state index in [4.69, 9.17) is 9.15 Å². The Bertz CT molecular complexity index is 769. The molecule has 1 N–H and O–H groups in total. The molecule has 2 aromatic heterocycles. The number of esters is 1. The minimum Gasteiger partial charge on any atom is -0.462 e. The van der Waals surface area contributed by atoms with E-state index in [1.807, 2.05) is 0 Å². The van der Waals surface area contributed by atoms with E-state index in [1.165, 1.54) is 6.07 Å². The first-order chi connectivity index (χ1) is 8.95. The fourth-order valence-electron chi connectivity index (χ4n) is 1.98. The molecule has 0 fully saturated rings. The minimum atomic E-state index is -0.630. The van der Waals surface area contributed by atoms with E-state index in [9.17, 15) is 14.4 Å². The predicted molar refractivity (Wildman–Crippen MR) is 68.5 cm³/mol. The molecule has 0 aliphatic carbocycles. The Hall–Kier alpha value is -2.37. The largest absolute Gasteiger partial charge is 0.462 e. The summed E-state index contributed by atoms with van der Waals surface area (Å²) in [6, 6.07) is 1.21. The molecule has 0 saturated carbocycles. The molecular formula is C13H13NO5. The topological polar surface area (TPSA) is 89.4 Å². The fraction of sp³-hybridized carbons (Fsp3) is 0.308. The first-order valence-electron chi connectivity index (χ1n) is 5.80. The van der Waals surface area contributed by atoms with Gasteiger partial charge in [-0.05, 0) is 26.3 Å². The number of carbonyl (C=O) groups is 1. The second-order valence-corrected chi connectivity index (χ2v) is 4.13. The highest BCUT2D eigenvalue weighted by Crippen LogP contribution is 2.19. The zero-order valence-corrected chi connectivity index (χ0v) is 10.8. The Balaban J connectivity index is 2.95. The summed E-state index contributed by atoms with van der Waals surface area (Å²) in [6.45, 7) is 5.02. The van der Waals surface area contributed by atoms with Gasteiger partial charge in [-0.15, -0.1) is 0 Å².